The second kappa shape index (κ2) is 8.00. The monoisotopic (exact) mass is 471 g/mol. The van der Waals surface area contributed by atoms with E-state index in [4.69, 9.17) is 0 Å². The zero-order valence-electron chi connectivity index (χ0n) is 18.9. The number of fused-ring (bicyclic) bond motifs is 2. The normalized spacial score (nSPS) is 20.1. The third-order valence-corrected chi connectivity index (χ3v) is 6.27. The lowest BCUT2D eigenvalue weighted by Crippen LogP contribution is -2.59. The summed E-state index contributed by atoms with van der Waals surface area (Å²) in [6, 6.07) is 3.14. The zero-order chi connectivity index (χ0) is 24.2. The summed E-state index contributed by atoms with van der Waals surface area (Å²) < 4.78 is 42.3. The van der Waals surface area contributed by atoms with Crippen LogP contribution in [0, 0.1) is 12.7 Å². The summed E-state index contributed by atoms with van der Waals surface area (Å²) in [6.07, 6.45) is 2.28. The Labute approximate surface area is 193 Å². The SMILES string of the molecule is CC(=O)N[C@]1(C)C[C@@H](Nc2ncc3c(-c4cc(F)c5nc(C)n(CC(F)F)c5c4)c[nH]c3n2)C1. The standard InChI is InChI=1S/C23H24F3N7O/c1-11-29-20-17(24)4-13(5-18(20)33(11)10-19(25)26)15-8-27-21-16(15)9-28-22(31-21)30-14-6-23(3,7-14)32-12(2)34/h4-5,8-9,14,19H,6-7,10H2,1-3H3,(H,32,34)(H2,27,28,30,31)/t14-,23-. The van der Waals surface area contributed by atoms with Gasteiger partial charge in [0.15, 0.2) is 5.82 Å². The first kappa shape index (κ1) is 22.2. The van der Waals surface area contributed by atoms with Gasteiger partial charge in [0.1, 0.15) is 17.0 Å². The van der Waals surface area contributed by atoms with Crippen LogP contribution in [0.15, 0.2) is 24.5 Å². The minimum atomic E-state index is -2.58. The molecule has 11 heteroatoms. The molecule has 0 atom stereocenters. The van der Waals surface area contributed by atoms with E-state index < -0.39 is 18.8 Å². The first-order valence-corrected chi connectivity index (χ1v) is 11.0. The van der Waals surface area contributed by atoms with Crippen LogP contribution in [0.3, 0.4) is 0 Å². The molecule has 1 aliphatic carbocycles. The van der Waals surface area contributed by atoms with Gasteiger partial charge in [0, 0.05) is 41.8 Å². The molecule has 1 saturated carbocycles. The second-order valence-corrected chi connectivity index (χ2v) is 9.14. The molecule has 0 saturated heterocycles. The molecular weight excluding hydrogens is 447 g/mol. The van der Waals surface area contributed by atoms with E-state index in [1.165, 1.54) is 17.6 Å². The van der Waals surface area contributed by atoms with Crippen LogP contribution < -0.4 is 10.6 Å². The van der Waals surface area contributed by atoms with Crippen LogP contribution >= 0.6 is 0 Å². The summed E-state index contributed by atoms with van der Waals surface area (Å²) >= 11 is 0. The van der Waals surface area contributed by atoms with Gasteiger partial charge in [0.05, 0.1) is 12.1 Å². The first-order valence-electron chi connectivity index (χ1n) is 11.0. The van der Waals surface area contributed by atoms with Crippen molar-refractivity contribution in [2.75, 3.05) is 5.32 Å². The van der Waals surface area contributed by atoms with Gasteiger partial charge in [-0.3, -0.25) is 4.79 Å². The number of hydrogen-bond donors (Lipinski definition) is 3. The summed E-state index contributed by atoms with van der Waals surface area (Å²) in [5.41, 5.74) is 1.89. The number of H-pyrrole nitrogens is 1. The van der Waals surface area contributed by atoms with Crippen molar-refractivity contribution in [3.05, 3.63) is 36.2 Å². The van der Waals surface area contributed by atoms with E-state index in [0.717, 1.165) is 12.8 Å². The molecule has 34 heavy (non-hydrogen) atoms. The highest BCUT2D eigenvalue weighted by molar-refractivity contribution is 5.96. The first-order chi connectivity index (χ1) is 16.1. The Kier molecular flexibility index (Phi) is 5.22. The van der Waals surface area contributed by atoms with Gasteiger partial charge < -0.3 is 20.2 Å². The van der Waals surface area contributed by atoms with Gasteiger partial charge in [-0.2, -0.15) is 4.98 Å². The van der Waals surface area contributed by atoms with Gasteiger partial charge in [-0.1, -0.05) is 0 Å². The smallest absolute Gasteiger partial charge is 0.256 e. The van der Waals surface area contributed by atoms with Crippen LogP contribution in [0.2, 0.25) is 0 Å². The number of nitrogens with zero attached hydrogens (tertiary/aromatic N) is 4. The molecule has 0 bridgehead atoms. The Balaban J connectivity index is 1.42. The topological polar surface area (TPSA) is 101 Å². The van der Waals surface area contributed by atoms with Crippen molar-refractivity contribution >= 4 is 33.9 Å². The molecule has 0 radical (unpaired) electrons. The summed E-state index contributed by atoms with van der Waals surface area (Å²) in [5, 5.41) is 6.90. The molecule has 0 aliphatic heterocycles. The fraction of sp³-hybridized carbons (Fsp3) is 0.391. The number of carbonyl (C=O) groups is 1. The van der Waals surface area contributed by atoms with Crippen LogP contribution in [0.1, 0.15) is 32.5 Å². The van der Waals surface area contributed by atoms with Gasteiger partial charge in [-0.05, 0) is 44.4 Å². The molecule has 3 aromatic heterocycles. The number of halogens is 3. The van der Waals surface area contributed by atoms with Crippen LogP contribution in [-0.2, 0) is 11.3 Å². The highest BCUT2D eigenvalue weighted by Gasteiger charge is 2.41. The zero-order valence-corrected chi connectivity index (χ0v) is 18.9. The Morgan fingerprint density at radius 3 is 2.79 bits per heavy atom. The van der Waals surface area contributed by atoms with E-state index in [1.807, 2.05) is 6.92 Å². The Hall–Kier alpha value is -3.63. The summed E-state index contributed by atoms with van der Waals surface area (Å²) in [6.45, 7) is 4.53. The number of carbonyl (C=O) groups excluding carboxylic acids is 1. The van der Waals surface area contributed by atoms with Gasteiger partial charge in [0.25, 0.3) is 6.43 Å². The average molecular weight is 471 g/mol. The Bertz CT molecular complexity index is 1400. The number of aromatic amines is 1. The van der Waals surface area contributed by atoms with Crippen molar-refractivity contribution in [3.63, 3.8) is 0 Å². The number of imidazole rings is 1. The molecular formula is C23H24F3N7O. The highest BCUT2D eigenvalue weighted by Crippen LogP contribution is 2.35. The van der Waals surface area contributed by atoms with E-state index in [0.29, 0.717) is 39.4 Å². The number of alkyl halides is 2. The van der Waals surface area contributed by atoms with E-state index in [9.17, 15) is 18.0 Å². The molecule has 1 fully saturated rings. The van der Waals surface area contributed by atoms with Gasteiger partial charge in [-0.25, -0.2) is 23.1 Å². The van der Waals surface area contributed by atoms with Crippen LogP contribution in [0.4, 0.5) is 19.1 Å². The predicted molar refractivity (Wildman–Crippen MR) is 122 cm³/mol. The van der Waals surface area contributed by atoms with Crippen molar-refractivity contribution in [1.82, 2.24) is 29.8 Å². The minimum Gasteiger partial charge on any atom is -0.351 e. The molecule has 0 unspecified atom stereocenters. The van der Waals surface area contributed by atoms with Gasteiger partial charge in [-0.15, -0.1) is 0 Å². The van der Waals surface area contributed by atoms with Crippen molar-refractivity contribution in [1.29, 1.82) is 0 Å². The molecule has 0 spiro atoms. The quantitative estimate of drug-likeness (QED) is 0.392. The number of benzene rings is 1. The van der Waals surface area contributed by atoms with E-state index in [2.05, 4.69) is 30.6 Å². The van der Waals surface area contributed by atoms with Crippen molar-refractivity contribution < 1.29 is 18.0 Å². The minimum absolute atomic E-state index is 0.0559. The largest absolute Gasteiger partial charge is 0.351 e. The molecule has 1 amide bonds. The fourth-order valence-corrected chi connectivity index (χ4v) is 4.88. The lowest BCUT2D eigenvalue weighted by Gasteiger charge is -2.45. The number of anilines is 1. The van der Waals surface area contributed by atoms with Crippen LogP contribution in [-0.4, -0.2) is 48.4 Å². The molecule has 5 rings (SSSR count). The summed E-state index contributed by atoms with van der Waals surface area (Å²) in [4.78, 5) is 27.4. The Morgan fingerprint density at radius 1 is 1.32 bits per heavy atom. The molecule has 4 aromatic rings. The number of amides is 1. The van der Waals surface area contributed by atoms with Crippen molar-refractivity contribution in [2.24, 2.45) is 0 Å². The number of hydrogen-bond acceptors (Lipinski definition) is 5. The predicted octanol–water partition coefficient (Wildman–Crippen LogP) is 4.16. The maximum Gasteiger partial charge on any atom is 0.256 e. The van der Waals surface area contributed by atoms with Crippen molar-refractivity contribution in [3.8, 4) is 11.1 Å². The third-order valence-electron chi connectivity index (χ3n) is 6.27. The molecule has 1 aromatic carbocycles. The summed E-state index contributed by atoms with van der Waals surface area (Å²) in [7, 11) is 0. The van der Waals surface area contributed by atoms with E-state index in [-0.39, 0.29) is 23.0 Å². The maximum atomic E-state index is 14.8. The lowest BCUT2D eigenvalue weighted by molar-refractivity contribution is -0.121. The van der Waals surface area contributed by atoms with Gasteiger partial charge >= 0.3 is 0 Å². The van der Waals surface area contributed by atoms with Crippen LogP contribution in [0.25, 0.3) is 33.2 Å². The third kappa shape index (κ3) is 3.95. The average Bonchev–Trinajstić information content (AvgIpc) is 3.27. The van der Waals surface area contributed by atoms with Crippen LogP contribution in [0.5, 0.6) is 0 Å². The van der Waals surface area contributed by atoms with E-state index >= 15 is 0 Å². The van der Waals surface area contributed by atoms with E-state index in [1.54, 1.807) is 25.4 Å². The number of nitrogens with one attached hydrogen (secondary N) is 3. The number of rotatable bonds is 6. The molecule has 8 nitrogen and oxygen atoms in total. The second-order valence-electron chi connectivity index (χ2n) is 9.14. The van der Waals surface area contributed by atoms with Gasteiger partial charge in [0.2, 0.25) is 11.9 Å². The maximum absolute atomic E-state index is 14.8. The molecule has 3 heterocycles. The molecule has 1 aliphatic rings. The molecule has 178 valence electrons. The number of aryl methyl sites for hydroxylation is 1. The summed E-state index contributed by atoms with van der Waals surface area (Å²) in [5.74, 6) is 0.141. The lowest BCUT2D eigenvalue weighted by atomic mass is 9.74. The number of aromatic nitrogens is 5. The highest BCUT2D eigenvalue weighted by atomic mass is 19.3. The molecule has 3 N–H and O–H groups in total. The fourth-order valence-electron chi connectivity index (χ4n) is 4.88. The Morgan fingerprint density at radius 2 is 2.09 bits per heavy atom. The van der Waals surface area contributed by atoms with Crippen molar-refractivity contribution in [2.45, 2.75) is 58.2 Å².